The molecular formula is C61H59F4N9O8. The lowest BCUT2D eigenvalue weighted by Gasteiger charge is -2.06. The summed E-state index contributed by atoms with van der Waals surface area (Å²) in [5.41, 5.74) is 2.33. The number of aromatic hydroxyl groups is 1. The monoisotopic (exact) mass is 1120 g/mol. The van der Waals surface area contributed by atoms with Crippen molar-refractivity contribution in [1.82, 2.24) is 38.2 Å². The summed E-state index contributed by atoms with van der Waals surface area (Å²) in [6, 6.07) is 26.0. The number of aliphatic hydroxyl groups is 3. The van der Waals surface area contributed by atoms with Crippen LogP contribution in [0.4, 0.5) is 17.6 Å². The molecule has 21 heteroatoms. The van der Waals surface area contributed by atoms with E-state index in [2.05, 4.69) is 50.7 Å². The molecule has 0 unspecified atom stereocenters. The van der Waals surface area contributed by atoms with Crippen LogP contribution < -0.4 is 53.9 Å². The van der Waals surface area contributed by atoms with Crippen molar-refractivity contribution in [3.63, 3.8) is 0 Å². The van der Waals surface area contributed by atoms with Crippen LogP contribution in [0, 0.1) is 35.7 Å². The van der Waals surface area contributed by atoms with Crippen LogP contribution >= 0.6 is 0 Å². The lowest BCUT2D eigenvalue weighted by atomic mass is 10.1. The molecule has 0 aliphatic heterocycles. The Hall–Kier alpha value is -10.2. The van der Waals surface area contributed by atoms with Gasteiger partial charge in [-0.15, -0.1) is 0 Å². The van der Waals surface area contributed by atoms with Crippen molar-refractivity contribution in [2.45, 2.75) is 51.4 Å². The number of aryl methyl sites for hydroxylation is 8. The Bertz CT molecular complexity index is 3910. The van der Waals surface area contributed by atoms with Gasteiger partial charge in [0.25, 0.3) is 0 Å². The Morgan fingerprint density at radius 3 is 1.04 bits per heavy atom. The second-order valence-corrected chi connectivity index (χ2v) is 18.3. The molecule has 4 aromatic heterocycles. The van der Waals surface area contributed by atoms with Gasteiger partial charge in [-0.1, -0.05) is 74.7 Å². The van der Waals surface area contributed by atoms with Crippen molar-refractivity contribution in [1.29, 1.82) is 0 Å². The third kappa shape index (κ3) is 17.6. The minimum atomic E-state index is -0.383. The molecule has 0 saturated heterocycles. The summed E-state index contributed by atoms with van der Waals surface area (Å²) in [6.45, 7) is 10.9. The molecule has 424 valence electrons. The molecule has 0 spiro atoms. The first-order chi connectivity index (χ1) is 39.0. The molecule has 4 N–H and O–H groups in total. The average molecular weight is 1120 g/mol. The molecule has 82 heavy (non-hydrogen) atoms. The summed E-state index contributed by atoms with van der Waals surface area (Å²) < 4.78 is 57.1. The number of hydrogen-bond acceptors (Lipinski definition) is 13. The molecule has 0 fully saturated rings. The maximum atomic E-state index is 12.8. The summed E-state index contributed by atoms with van der Waals surface area (Å²) in [5.74, 6) is -2.15. The zero-order valence-corrected chi connectivity index (χ0v) is 45.4. The summed E-state index contributed by atoms with van der Waals surface area (Å²) >= 11 is 0. The number of carbonyl (C=O) groups excluding carboxylic acids is 1. The highest BCUT2D eigenvalue weighted by atomic mass is 19.1. The lowest BCUT2D eigenvalue weighted by molar-refractivity contribution is 0.0974. The van der Waals surface area contributed by atoms with Gasteiger partial charge in [-0.2, -0.15) is 4.99 Å². The summed E-state index contributed by atoms with van der Waals surface area (Å²) in [4.78, 5) is 67.3. The van der Waals surface area contributed by atoms with Crippen LogP contribution in [0.15, 0.2) is 142 Å². The normalized spacial score (nSPS) is 12.0. The Kier molecular flexibility index (Phi) is 22.6. The number of aromatic nitrogens is 8. The molecule has 0 bridgehead atoms. The van der Waals surface area contributed by atoms with E-state index >= 15 is 0 Å². The topological polar surface area (TPSA) is 233 Å². The van der Waals surface area contributed by atoms with E-state index in [1.54, 1.807) is 76.7 Å². The zero-order chi connectivity index (χ0) is 60.2. The van der Waals surface area contributed by atoms with Crippen molar-refractivity contribution >= 4 is 42.8 Å². The van der Waals surface area contributed by atoms with Crippen molar-refractivity contribution in [2.75, 3.05) is 0 Å². The maximum absolute atomic E-state index is 12.8. The summed E-state index contributed by atoms with van der Waals surface area (Å²) in [7, 11) is 6.60. The van der Waals surface area contributed by atoms with Crippen molar-refractivity contribution in [2.24, 2.45) is 33.2 Å². The van der Waals surface area contributed by atoms with Crippen molar-refractivity contribution < 1.29 is 42.8 Å². The number of terminal acetylenes is 1. The average Bonchev–Trinajstić information content (AvgIpc) is 3.67. The molecule has 8 rings (SSSR count). The van der Waals surface area contributed by atoms with E-state index in [0.717, 1.165) is 22.3 Å². The van der Waals surface area contributed by atoms with Gasteiger partial charge in [0.2, 0.25) is 16.3 Å². The largest absolute Gasteiger partial charge is 0.510 e. The smallest absolute Gasteiger partial charge is 0.230 e. The number of hydrogen-bond donors (Lipinski definition) is 4. The van der Waals surface area contributed by atoms with Crippen LogP contribution in [-0.4, -0.2) is 64.4 Å². The van der Waals surface area contributed by atoms with E-state index in [9.17, 15) is 57.2 Å². The predicted molar refractivity (Wildman–Crippen MR) is 303 cm³/mol. The standard InChI is InChI=1S/C16H14FN3O2.3C15H15FN2O2/c1-3-18-16-15(22)14(19-10-20(16)2)13(21)9-6-11-4-7-12(17)8-5-11;3*1-10-15(20)14(17-9-18(10)2)13(19)8-5-11-3-6-12(16)7-4-11/h1,4-5,7-8,10,22H,6,9H2,2H3;3*3-4,6-7,9,19H,1,5,8H2,2H3. The Morgan fingerprint density at radius 1 is 0.488 bits per heavy atom. The minimum absolute atomic E-state index is 0.0233. The fourth-order valence-corrected chi connectivity index (χ4v) is 7.38. The van der Waals surface area contributed by atoms with E-state index < -0.39 is 0 Å². The Labute approximate surface area is 466 Å². The van der Waals surface area contributed by atoms with Crippen molar-refractivity contribution in [3.05, 3.63) is 242 Å². The highest BCUT2D eigenvalue weighted by Gasteiger charge is 2.16. The van der Waals surface area contributed by atoms with Gasteiger partial charge in [-0.05, 0) is 96.5 Å². The third-order valence-corrected chi connectivity index (χ3v) is 12.4. The third-order valence-electron chi connectivity index (χ3n) is 12.4. The minimum Gasteiger partial charge on any atom is -0.510 e. The lowest BCUT2D eigenvalue weighted by Crippen LogP contribution is -2.45. The van der Waals surface area contributed by atoms with Crippen molar-refractivity contribution in [3.8, 4) is 18.2 Å². The fourth-order valence-electron chi connectivity index (χ4n) is 7.38. The zero-order valence-electron chi connectivity index (χ0n) is 45.4. The molecular weight excluding hydrogens is 1060 g/mol. The number of benzene rings is 4. The van der Waals surface area contributed by atoms with Crippen LogP contribution in [0.5, 0.6) is 5.75 Å². The molecule has 0 aliphatic rings. The van der Waals surface area contributed by atoms with Gasteiger partial charge in [0.05, 0.1) is 41.4 Å². The van der Waals surface area contributed by atoms with E-state index in [1.165, 1.54) is 92.1 Å². The van der Waals surface area contributed by atoms with E-state index in [-0.39, 0.29) is 137 Å². The molecule has 8 aromatic rings. The van der Waals surface area contributed by atoms with Gasteiger partial charge in [0, 0.05) is 59.9 Å². The quantitative estimate of drug-likeness (QED) is 0.0739. The van der Waals surface area contributed by atoms with Crippen LogP contribution in [0.1, 0.15) is 58.4 Å². The van der Waals surface area contributed by atoms with E-state index in [1.807, 2.05) is 0 Å². The van der Waals surface area contributed by atoms with Gasteiger partial charge < -0.3 is 38.7 Å². The summed E-state index contributed by atoms with van der Waals surface area (Å²) in [5, 5.41) is 40.9. The number of nitrogens with zero attached hydrogens (tertiary/aromatic N) is 9. The molecule has 0 atom stereocenters. The van der Waals surface area contributed by atoms with Gasteiger partial charge in [0.15, 0.2) is 38.8 Å². The highest BCUT2D eigenvalue weighted by Crippen LogP contribution is 2.14. The Morgan fingerprint density at radius 2 is 0.756 bits per heavy atom. The second-order valence-electron chi connectivity index (χ2n) is 18.3. The van der Waals surface area contributed by atoms with Crippen LogP contribution in [0.3, 0.4) is 0 Å². The SMILES string of the molecule is C#CN=c1c(O)c(C(=O)CCc2ccc(F)cc2)ncn1C.C=c1c(=O)c(=C(O)CCc2ccc(F)cc2)ncn1C.C=c1c(=O)c(=C(O)CCc2ccc(F)cc2)ncn1C.C=c1c(=O)c(=C(O)CCc2ccc(F)cc2)ncn1C. The Balaban J connectivity index is 0.000000201. The van der Waals surface area contributed by atoms with Crippen LogP contribution in [0.25, 0.3) is 37.0 Å². The van der Waals surface area contributed by atoms with Gasteiger partial charge in [0.1, 0.15) is 40.5 Å². The molecule has 17 nitrogen and oxygen atoms in total. The number of carbonyl (C=O) groups is 1. The van der Waals surface area contributed by atoms with Gasteiger partial charge in [-0.3, -0.25) is 19.2 Å². The predicted octanol–water partition coefficient (Wildman–Crippen LogP) is 3.46. The molecule has 4 aromatic carbocycles. The van der Waals surface area contributed by atoms with E-state index in [4.69, 9.17) is 6.42 Å². The van der Waals surface area contributed by atoms with Gasteiger partial charge >= 0.3 is 0 Å². The molecule has 0 saturated carbocycles. The first-order valence-corrected chi connectivity index (χ1v) is 25.0. The molecule has 4 heterocycles. The molecule has 0 aliphatic carbocycles. The fraction of sp³-hybridized carbons (Fsp3) is 0.197. The molecule has 0 amide bonds. The van der Waals surface area contributed by atoms with Crippen LogP contribution in [-0.2, 0) is 53.9 Å². The number of ketones is 1. The van der Waals surface area contributed by atoms with E-state index in [0.29, 0.717) is 25.7 Å². The highest BCUT2D eigenvalue weighted by molar-refractivity contribution is 5.96. The van der Waals surface area contributed by atoms with Gasteiger partial charge in [-0.25, -0.2) is 37.5 Å². The number of rotatable bonds is 13. The second kappa shape index (κ2) is 29.7. The number of aliphatic hydroxyl groups excluding tert-OH is 3. The number of Topliss-reactive ketones (excluding diaryl/α,β-unsaturated/α-hetero) is 1. The number of halogens is 4. The first-order valence-electron chi connectivity index (χ1n) is 25.0. The summed E-state index contributed by atoms with van der Waals surface area (Å²) in [6.07, 6.45) is 13.6. The maximum Gasteiger partial charge on any atom is 0.230 e. The first kappa shape index (κ1) is 62.6. The molecule has 0 radical (unpaired) electrons. The van der Waals surface area contributed by atoms with Crippen LogP contribution in [0.2, 0.25) is 0 Å².